The third-order valence-corrected chi connectivity index (χ3v) is 5.17. The van der Waals surface area contributed by atoms with Gasteiger partial charge in [0.2, 0.25) is 0 Å². The van der Waals surface area contributed by atoms with E-state index in [4.69, 9.17) is 5.11 Å². The molecule has 2 heterocycles. The maximum absolute atomic E-state index is 12.5. The van der Waals surface area contributed by atoms with Gasteiger partial charge in [0.15, 0.2) is 0 Å². The number of carbonyl (C=O) groups excluding carboxylic acids is 2. The first kappa shape index (κ1) is 18.7. The third-order valence-electron chi connectivity index (χ3n) is 4.26. The molecule has 0 spiro atoms. The van der Waals surface area contributed by atoms with E-state index in [-0.39, 0.29) is 4.91 Å². The number of rotatable bonds is 5. The summed E-state index contributed by atoms with van der Waals surface area (Å²) in [5, 5.41) is 13.0. The Hall–Kier alpha value is -3.65. The molecular formula is C21H15N3O4S. The topological polar surface area (TPSA) is 92.5 Å². The first-order valence-corrected chi connectivity index (χ1v) is 9.52. The van der Waals surface area contributed by atoms with Crippen LogP contribution in [0, 0.1) is 0 Å². The molecule has 4 rings (SSSR count). The Morgan fingerprint density at radius 1 is 1.03 bits per heavy atom. The Balaban J connectivity index is 1.78. The molecule has 0 radical (unpaired) electrons. The molecule has 0 saturated carbocycles. The molecule has 0 bridgehead atoms. The van der Waals surface area contributed by atoms with Crippen LogP contribution in [-0.2, 0) is 9.59 Å². The minimum Gasteiger partial charge on any atom is -0.480 e. The van der Waals surface area contributed by atoms with Gasteiger partial charge in [0, 0.05) is 17.3 Å². The van der Waals surface area contributed by atoms with Crippen LogP contribution in [0.5, 0.6) is 0 Å². The monoisotopic (exact) mass is 405 g/mol. The number of hydrogen-bond acceptors (Lipinski definition) is 5. The van der Waals surface area contributed by atoms with Gasteiger partial charge in [-0.05, 0) is 30.0 Å². The minimum atomic E-state index is -1.24. The fourth-order valence-electron chi connectivity index (χ4n) is 2.94. The molecule has 0 atom stereocenters. The molecule has 3 aromatic rings. The van der Waals surface area contributed by atoms with Crippen LogP contribution < -0.4 is 0 Å². The number of carbonyl (C=O) groups is 3. The highest BCUT2D eigenvalue weighted by Crippen LogP contribution is 2.34. The van der Waals surface area contributed by atoms with Crippen LogP contribution in [0.2, 0.25) is 0 Å². The van der Waals surface area contributed by atoms with Crippen molar-refractivity contribution in [2.24, 2.45) is 0 Å². The Bertz CT molecular complexity index is 1120. The quantitative estimate of drug-likeness (QED) is 0.651. The molecule has 1 aliphatic rings. The number of carboxylic acid groups (broad SMARTS) is 1. The van der Waals surface area contributed by atoms with Gasteiger partial charge in [-0.2, -0.15) is 5.10 Å². The summed E-state index contributed by atoms with van der Waals surface area (Å²) in [6, 6.07) is 19.0. The van der Waals surface area contributed by atoms with E-state index < -0.39 is 23.7 Å². The Morgan fingerprint density at radius 3 is 2.34 bits per heavy atom. The molecular weight excluding hydrogens is 390 g/mol. The van der Waals surface area contributed by atoms with E-state index in [1.165, 1.54) is 0 Å². The second-order valence-corrected chi connectivity index (χ2v) is 7.23. The number of carboxylic acids is 1. The standard InChI is InChI=1S/C21H15N3O4S/c25-18(26)13-23-20(27)17(29-21(23)28)11-15-12-24(16-9-5-2-6-10-16)22-19(15)14-7-3-1-4-8-14/h1-12H,13H2,(H,25,26)/b17-11-. The van der Waals surface area contributed by atoms with Gasteiger partial charge < -0.3 is 5.11 Å². The maximum atomic E-state index is 12.5. The predicted octanol–water partition coefficient (Wildman–Crippen LogP) is 3.66. The number of hydrogen-bond donors (Lipinski definition) is 1. The number of para-hydroxylation sites is 1. The van der Waals surface area contributed by atoms with Crippen molar-refractivity contribution in [1.29, 1.82) is 0 Å². The summed E-state index contributed by atoms with van der Waals surface area (Å²) in [6.07, 6.45) is 3.37. The molecule has 7 nitrogen and oxygen atoms in total. The molecule has 1 aromatic heterocycles. The highest BCUT2D eigenvalue weighted by molar-refractivity contribution is 8.18. The molecule has 8 heteroatoms. The lowest BCUT2D eigenvalue weighted by atomic mass is 10.1. The minimum absolute atomic E-state index is 0.168. The maximum Gasteiger partial charge on any atom is 0.323 e. The Labute approximate surface area is 170 Å². The van der Waals surface area contributed by atoms with Crippen molar-refractivity contribution in [3.05, 3.63) is 77.3 Å². The molecule has 1 saturated heterocycles. The lowest BCUT2D eigenvalue weighted by Crippen LogP contribution is -2.33. The van der Waals surface area contributed by atoms with Crippen LogP contribution >= 0.6 is 11.8 Å². The van der Waals surface area contributed by atoms with E-state index in [1.54, 1.807) is 17.0 Å². The predicted molar refractivity (Wildman–Crippen MR) is 109 cm³/mol. The van der Waals surface area contributed by atoms with Crippen LogP contribution in [0.4, 0.5) is 4.79 Å². The second-order valence-electron chi connectivity index (χ2n) is 6.24. The zero-order valence-electron chi connectivity index (χ0n) is 15.1. The van der Waals surface area contributed by atoms with Crippen molar-refractivity contribution < 1.29 is 19.5 Å². The van der Waals surface area contributed by atoms with E-state index in [0.717, 1.165) is 27.9 Å². The highest BCUT2D eigenvalue weighted by atomic mass is 32.2. The first-order chi connectivity index (χ1) is 14.0. The van der Waals surface area contributed by atoms with Gasteiger partial charge in [-0.1, -0.05) is 48.5 Å². The van der Waals surface area contributed by atoms with Crippen molar-refractivity contribution in [2.45, 2.75) is 0 Å². The molecule has 2 aromatic carbocycles. The largest absolute Gasteiger partial charge is 0.480 e. The first-order valence-electron chi connectivity index (χ1n) is 8.70. The van der Waals surface area contributed by atoms with Gasteiger partial charge in [-0.15, -0.1) is 0 Å². The van der Waals surface area contributed by atoms with Gasteiger partial charge in [0.25, 0.3) is 11.1 Å². The summed E-state index contributed by atoms with van der Waals surface area (Å²) >= 11 is 0.726. The molecule has 144 valence electrons. The number of amides is 2. The van der Waals surface area contributed by atoms with E-state index in [1.807, 2.05) is 60.7 Å². The van der Waals surface area contributed by atoms with E-state index >= 15 is 0 Å². The zero-order chi connectivity index (χ0) is 20.4. The summed E-state index contributed by atoms with van der Waals surface area (Å²) < 4.78 is 1.70. The van der Waals surface area contributed by atoms with Crippen molar-refractivity contribution in [2.75, 3.05) is 6.54 Å². The van der Waals surface area contributed by atoms with Crippen molar-refractivity contribution >= 4 is 35.0 Å². The van der Waals surface area contributed by atoms with E-state index in [2.05, 4.69) is 5.10 Å². The normalized spacial score (nSPS) is 15.3. The summed E-state index contributed by atoms with van der Waals surface area (Å²) in [6.45, 7) is -0.656. The summed E-state index contributed by atoms with van der Waals surface area (Å²) in [7, 11) is 0. The fourth-order valence-corrected chi connectivity index (χ4v) is 3.77. The highest BCUT2D eigenvalue weighted by Gasteiger charge is 2.36. The smallest absolute Gasteiger partial charge is 0.323 e. The number of imide groups is 1. The number of benzene rings is 2. The van der Waals surface area contributed by atoms with Crippen LogP contribution in [-0.4, -0.2) is 43.4 Å². The molecule has 0 aliphatic carbocycles. The summed E-state index contributed by atoms with van der Waals surface area (Å²) in [5.74, 6) is -1.86. The Morgan fingerprint density at radius 2 is 1.69 bits per heavy atom. The average Bonchev–Trinajstić information content (AvgIpc) is 3.26. The van der Waals surface area contributed by atoms with Crippen molar-refractivity contribution in [3.8, 4) is 16.9 Å². The molecule has 1 fully saturated rings. The fraction of sp³-hybridized carbons (Fsp3) is 0.0476. The average molecular weight is 405 g/mol. The van der Waals surface area contributed by atoms with Crippen molar-refractivity contribution in [1.82, 2.24) is 14.7 Å². The third kappa shape index (κ3) is 3.83. The number of aliphatic carboxylic acids is 1. The molecule has 1 aliphatic heterocycles. The summed E-state index contributed by atoms with van der Waals surface area (Å²) in [5.41, 5.74) is 3.02. The van der Waals surface area contributed by atoms with Gasteiger partial charge in [0.1, 0.15) is 6.54 Å². The summed E-state index contributed by atoms with van der Waals surface area (Å²) in [4.78, 5) is 36.4. The van der Waals surface area contributed by atoms with Crippen LogP contribution in [0.25, 0.3) is 23.0 Å². The van der Waals surface area contributed by atoms with Gasteiger partial charge in [-0.25, -0.2) is 4.68 Å². The van der Waals surface area contributed by atoms with Gasteiger partial charge in [0.05, 0.1) is 16.3 Å². The lowest BCUT2D eigenvalue weighted by molar-refractivity contribution is -0.140. The van der Waals surface area contributed by atoms with Crippen LogP contribution in [0.3, 0.4) is 0 Å². The van der Waals surface area contributed by atoms with Crippen LogP contribution in [0.1, 0.15) is 5.56 Å². The molecule has 29 heavy (non-hydrogen) atoms. The van der Waals surface area contributed by atoms with E-state index in [0.29, 0.717) is 11.3 Å². The van der Waals surface area contributed by atoms with Crippen LogP contribution in [0.15, 0.2) is 71.8 Å². The zero-order valence-corrected chi connectivity index (χ0v) is 15.9. The second kappa shape index (κ2) is 7.76. The molecule has 2 amide bonds. The lowest BCUT2D eigenvalue weighted by Gasteiger charge is -2.07. The Kier molecular flexibility index (Phi) is 5.01. The SMILES string of the molecule is O=C(O)CN1C(=O)S/C(=C\c2cn(-c3ccccc3)nc2-c2ccccc2)C1=O. The van der Waals surface area contributed by atoms with Gasteiger partial charge in [-0.3, -0.25) is 19.3 Å². The molecule has 1 N–H and O–H groups in total. The molecule has 0 unspecified atom stereocenters. The number of thioether (sulfide) groups is 1. The van der Waals surface area contributed by atoms with E-state index in [9.17, 15) is 14.4 Å². The number of aromatic nitrogens is 2. The van der Waals surface area contributed by atoms with Crippen molar-refractivity contribution in [3.63, 3.8) is 0 Å². The van der Waals surface area contributed by atoms with Gasteiger partial charge >= 0.3 is 5.97 Å². The number of nitrogens with zero attached hydrogens (tertiary/aromatic N) is 3.